The average molecular weight is 392 g/mol. The molecule has 0 aliphatic rings. The van der Waals surface area contributed by atoms with Crippen LogP contribution in [-0.2, 0) is 0 Å². The van der Waals surface area contributed by atoms with Crippen LogP contribution >= 0.6 is 11.6 Å². The lowest BCUT2D eigenvalue weighted by atomic mass is 10.1. The molecule has 5 rings (SSSR count). The zero-order valence-electron chi connectivity index (χ0n) is 14.3. The Morgan fingerprint density at radius 2 is 1.86 bits per heavy atom. The number of fused-ring (bicyclic) bond motifs is 2. The van der Waals surface area contributed by atoms with Crippen LogP contribution in [0.25, 0.3) is 33.6 Å². The number of hydrogen-bond donors (Lipinski definition) is 0. The van der Waals surface area contributed by atoms with Gasteiger partial charge in [-0.2, -0.15) is 14.6 Å². The molecule has 8 heteroatoms. The Balaban J connectivity index is 1.91. The first-order valence-electron chi connectivity index (χ1n) is 8.39. The molecule has 3 aromatic heterocycles. The highest BCUT2D eigenvalue weighted by Crippen LogP contribution is 2.26. The van der Waals surface area contributed by atoms with Crippen molar-refractivity contribution in [2.24, 2.45) is 0 Å². The number of pyridine rings is 1. The molecule has 6 nitrogen and oxygen atoms in total. The van der Waals surface area contributed by atoms with E-state index in [0.29, 0.717) is 28.1 Å². The molecule has 0 bridgehead atoms. The highest BCUT2D eigenvalue weighted by Gasteiger charge is 2.17. The van der Waals surface area contributed by atoms with E-state index in [2.05, 4.69) is 15.1 Å². The summed E-state index contributed by atoms with van der Waals surface area (Å²) in [5.74, 6) is -0.149. The van der Waals surface area contributed by atoms with Crippen LogP contribution < -0.4 is 5.56 Å². The minimum atomic E-state index is -0.546. The number of aromatic nitrogens is 5. The molecule has 5 aromatic rings. The lowest BCUT2D eigenvalue weighted by molar-refractivity contribution is 0.627. The average Bonchev–Trinajstić information content (AvgIpc) is 3.18. The molecule has 0 amide bonds. The fourth-order valence-corrected chi connectivity index (χ4v) is 3.40. The van der Waals surface area contributed by atoms with Gasteiger partial charge in [-0.25, -0.2) is 9.37 Å². The van der Waals surface area contributed by atoms with Crippen LogP contribution in [0.3, 0.4) is 0 Å². The summed E-state index contributed by atoms with van der Waals surface area (Å²) in [6.07, 6.45) is 2.98. The smallest absolute Gasteiger partial charge is 0.266 e. The summed E-state index contributed by atoms with van der Waals surface area (Å²) in [6.45, 7) is 0. The topological polar surface area (TPSA) is 65.1 Å². The monoisotopic (exact) mass is 391 g/mol. The molecule has 0 aliphatic heterocycles. The van der Waals surface area contributed by atoms with E-state index in [9.17, 15) is 9.18 Å². The van der Waals surface area contributed by atoms with E-state index in [1.54, 1.807) is 16.8 Å². The Morgan fingerprint density at radius 3 is 2.64 bits per heavy atom. The standard InChI is InChI=1S/C20H11ClFN5O/c21-14-10-13(6-7-15(14)22)26-9-8-16-17(19(26)28)18(12-4-2-1-3-5-12)27-20(25-16)23-11-24-27/h1-11H. The first-order chi connectivity index (χ1) is 13.6. The SMILES string of the molecule is O=c1c2c(-c3ccccc3)n3ncnc3nc2ccn1-c1ccc(F)c(Cl)c1. The Kier molecular flexibility index (Phi) is 3.70. The molecule has 0 N–H and O–H groups in total. The van der Waals surface area contributed by atoms with Gasteiger partial charge in [0.05, 0.1) is 27.3 Å². The van der Waals surface area contributed by atoms with Crippen molar-refractivity contribution in [3.8, 4) is 16.9 Å². The second-order valence-electron chi connectivity index (χ2n) is 6.15. The summed E-state index contributed by atoms with van der Waals surface area (Å²) in [5.41, 5.74) is 2.02. The molecule has 0 aliphatic carbocycles. The molecular formula is C20H11ClFN5O. The lowest BCUT2D eigenvalue weighted by Gasteiger charge is -2.12. The third-order valence-electron chi connectivity index (χ3n) is 4.50. The Bertz CT molecular complexity index is 1410. The van der Waals surface area contributed by atoms with Crippen LogP contribution in [0.15, 0.2) is 71.9 Å². The largest absolute Gasteiger partial charge is 0.284 e. The number of halogens is 2. The van der Waals surface area contributed by atoms with Crippen molar-refractivity contribution in [2.45, 2.75) is 0 Å². The summed E-state index contributed by atoms with van der Waals surface area (Å²) in [6, 6.07) is 15.3. The Hall–Kier alpha value is -3.58. The van der Waals surface area contributed by atoms with Gasteiger partial charge < -0.3 is 0 Å². The van der Waals surface area contributed by atoms with Crippen LogP contribution in [0.4, 0.5) is 4.39 Å². The molecule has 3 heterocycles. The van der Waals surface area contributed by atoms with Crippen LogP contribution in [0, 0.1) is 5.82 Å². The van der Waals surface area contributed by atoms with E-state index in [-0.39, 0.29) is 10.6 Å². The van der Waals surface area contributed by atoms with Gasteiger partial charge >= 0.3 is 0 Å². The van der Waals surface area contributed by atoms with Crippen molar-refractivity contribution in [1.82, 2.24) is 24.1 Å². The van der Waals surface area contributed by atoms with Crippen LogP contribution in [0.1, 0.15) is 0 Å². The molecule has 0 atom stereocenters. The van der Waals surface area contributed by atoms with Gasteiger partial charge in [0.2, 0.25) is 0 Å². The molecular weight excluding hydrogens is 381 g/mol. The van der Waals surface area contributed by atoms with Gasteiger partial charge in [-0.05, 0) is 24.3 Å². The zero-order valence-corrected chi connectivity index (χ0v) is 15.0. The van der Waals surface area contributed by atoms with Gasteiger partial charge in [0.15, 0.2) is 0 Å². The number of hydrogen-bond acceptors (Lipinski definition) is 4. The number of rotatable bonds is 2. The molecule has 0 radical (unpaired) electrons. The summed E-state index contributed by atoms with van der Waals surface area (Å²) in [4.78, 5) is 22.0. The molecule has 0 saturated heterocycles. The first kappa shape index (κ1) is 16.6. The van der Waals surface area contributed by atoms with Gasteiger partial charge in [0, 0.05) is 11.8 Å². The van der Waals surface area contributed by atoms with Gasteiger partial charge in [-0.1, -0.05) is 41.9 Å². The van der Waals surface area contributed by atoms with Gasteiger partial charge in [0.25, 0.3) is 11.3 Å². The van der Waals surface area contributed by atoms with E-state index >= 15 is 0 Å². The van der Waals surface area contributed by atoms with E-state index in [1.165, 1.54) is 29.1 Å². The van der Waals surface area contributed by atoms with E-state index < -0.39 is 5.82 Å². The van der Waals surface area contributed by atoms with Crippen molar-refractivity contribution >= 4 is 28.3 Å². The second-order valence-corrected chi connectivity index (χ2v) is 6.56. The number of benzene rings is 2. The Labute approximate surface area is 162 Å². The molecule has 136 valence electrons. The molecule has 0 saturated carbocycles. The predicted octanol–water partition coefficient (Wildman–Crippen LogP) is 3.89. The van der Waals surface area contributed by atoms with Crippen LogP contribution in [0.2, 0.25) is 5.02 Å². The predicted molar refractivity (Wildman–Crippen MR) is 104 cm³/mol. The maximum absolute atomic E-state index is 13.5. The van der Waals surface area contributed by atoms with Crippen molar-refractivity contribution in [3.63, 3.8) is 0 Å². The molecule has 0 fully saturated rings. The molecule has 0 unspecified atom stereocenters. The quantitative estimate of drug-likeness (QED) is 0.458. The summed E-state index contributed by atoms with van der Waals surface area (Å²) in [7, 11) is 0. The Morgan fingerprint density at radius 1 is 1.04 bits per heavy atom. The summed E-state index contributed by atoms with van der Waals surface area (Å²) in [5, 5.41) is 4.56. The third-order valence-corrected chi connectivity index (χ3v) is 4.79. The van der Waals surface area contributed by atoms with Crippen LogP contribution in [0.5, 0.6) is 0 Å². The van der Waals surface area contributed by atoms with E-state index in [0.717, 1.165) is 5.56 Å². The summed E-state index contributed by atoms with van der Waals surface area (Å²) < 4.78 is 16.5. The second kappa shape index (κ2) is 6.24. The normalized spacial score (nSPS) is 11.4. The van der Waals surface area contributed by atoms with Gasteiger partial charge in [-0.15, -0.1) is 0 Å². The van der Waals surface area contributed by atoms with Gasteiger partial charge in [0.1, 0.15) is 12.1 Å². The molecule has 2 aromatic carbocycles. The van der Waals surface area contributed by atoms with Gasteiger partial charge in [-0.3, -0.25) is 9.36 Å². The highest BCUT2D eigenvalue weighted by atomic mass is 35.5. The fraction of sp³-hybridized carbons (Fsp3) is 0. The summed E-state index contributed by atoms with van der Waals surface area (Å²) >= 11 is 5.90. The van der Waals surface area contributed by atoms with Crippen molar-refractivity contribution in [2.75, 3.05) is 0 Å². The lowest BCUT2D eigenvalue weighted by Crippen LogP contribution is -2.20. The zero-order chi connectivity index (χ0) is 19.3. The minimum absolute atomic E-state index is 0.0577. The highest BCUT2D eigenvalue weighted by molar-refractivity contribution is 6.30. The van der Waals surface area contributed by atoms with Crippen molar-refractivity contribution in [3.05, 3.63) is 88.3 Å². The number of nitrogens with zero attached hydrogens (tertiary/aromatic N) is 5. The van der Waals surface area contributed by atoms with Crippen LogP contribution in [-0.4, -0.2) is 24.1 Å². The molecule has 28 heavy (non-hydrogen) atoms. The third kappa shape index (κ3) is 2.48. The van der Waals surface area contributed by atoms with Crippen molar-refractivity contribution in [1.29, 1.82) is 0 Å². The minimum Gasteiger partial charge on any atom is -0.284 e. The van der Waals surface area contributed by atoms with Crippen molar-refractivity contribution < 1.29 is 4.39 Å². The fourth-order valence-electron chi connectivity index (χ4n) is 3.23. The molecule has 0 spiro atoms. The van der Waals surface area contributed by atoms with E-state index in [4.69, 9.17) is 11.6 Å². The maximum Gasteiger partial charge on any atom is 0.266 e. The van der Waals surface area contributed by atoms with E-state index in [1.807, 2.05) is 30.3 Å². The first-order valence-corrected chi connectivity index (χ1v) is 8.77. The maximum atomic E-state index is 13.5.